The number of hydrogen-bond donors (Lipinski definition) is 1. The van der Waals surface area contributed by atoms with Crippen molar-refractivity contribution in [3.63, 3.8) is 0 Å². The average Bonchev–Trinajstić information content (AvgIpc) is 2.49. The molecule has 4 aliphatic rings. The summed E-state index contributed by atoms with van der Waals surface area (Å²) in [5.41, 5.74) is -0.129. The lowest BCUT2D eigenvalue weighted by Crippen LogP contribution is -2.50. The highest BCUT2D eigenvalue weighted by molar-refractivity contribution is 5.70. The van der Waals surface area contributed by atoms with Crippen LogP contribution in [0.1, 0.15) is 32.1 Å². The van der Waals surface area contributed by atoms with E-state index in [0.717, 1.165) is 17.6 Å². The van der Waals surface area contributed by atoms with E-state index in [-0.39, 0.29) is 5.60 Å². The number of nitrogens with two attached hydrogens (primary N) is 1. The maximum Gasteiger partial charge on any atom is 0.139 e. The Bertz CT molecular complexity index is 247. The van der Waals surface area contributed by atoms with Crippen molar-refractivity contribution < 1.29 is 4.84 Å². The summed E-state index contributed by atoms with van der Waals surface area (Å²) in [5, 5.41) is 5.12. The summed E-state index contributed by atoms with van der Waals surface area (Å²) in [7, 11) is 0. The molecule has 0 aromatic heterocycles. The Morgan fingerprint density at radius 2 is 2.15 bits per heavy atom. The summed E-state index contributed by atoms with van der Waals surface area (Å²) in [4.78, 5) is 5.61. The van der Waals surface area contributed by atoms with E-state index in [0.29, 0.717) is 5.92 Å². The highest BCUT2D eigenvalue weighted by atomic mass is 16.8. The highest BCUT2D eigenvalue weighted by Gasteiger charge is 2.51. The molecule has 1 spiro atoms. The number of rotatable bonds is 0. The first-order chi connectivity index (χ1) is 6.28. The van der Waals surface area contributed by atoms with E-state index in [2.05, 4.69) is 5.10 Å². The number of hydrogen-bond acceptors (Lipinski definition) is 4. The Balaban J connectivity index is 1.88. The number of hydrazone groups is 1. The Labute approximate surface area is 77.6 Å². The van der Waals surface area contributed by atoms with Crippen molar-refractivity contribution in [1.82, 2.24) is 5.28 Å². The smallest absolute Gasteiger partial charge is 0.139 e. The normalized spacial score (nSPS) is 47.9. The molecule has 1 unspecified atom stereocenters. The maximum atomic E-state index is 5.61. The Morgan fingerprint density at radius 3 is 2.62 bits per heavy atom. The minimum Gasteiger partial charge on any atom is -0.229 e. The monoisotopic (exact) mass is 181 g/mol. The summed E-state index contributed by atoms with van der Waals surface area (Å²) < 4.78 is 0. The molecule has 0 radical (unpaired) electrons. The van der Waals surface area contributed by atoms with Gasteiger partial charge in [0.2, 0.25) is 0 Å². The molecule has 0 saturated heterocycles. The van der Waals surface area contributed by atoms with Gasteiger partial charge >= 0.3 is 0 Å². The number of nitrogens with zero attached hydrogens (tertiary/aromatic N) is 2. The van der Waals surface area contributed by atoms with Crippen LogP contribution < -0.4 is 5.84 Å². The first-order valence-electron chi connectivity index (χ1n) is 5.08. The molecule has 72 valence electrons. The lowest BCUT2D eigenvalue weighted by molar-refractivity contribution is -0.240. The van der Waals surface area contributed by atoms with E-state index >= 15 is 0 Å². The predicted molar refractivity (Wildman–Crippen MR) is 48.4 cm³/mol. The molecule has 3 saturated carbocycles. The zero-order chi connectivity index (χ0) is 8.89. The summed E-state index contributed by atoms with van der Waals surface area (Å²) in [5.74, 6) is 6.97. The zero-order valence-electron chi connectivity index (χ0n) is 7.65. The second kappa shape index (κ2) is 2.45. The second-order valence-electron chi connectivity index (χ2n) is 4.52. The van der Waals surface area contributed by atoms with Gasteiger partial charge in [-0.3, -0.25) is 0 Å². The molecule has 0 aromatic carbocycles. The molecule has 3 fully saturated rings. The van der Waals surface area contributed by atoms with Crippen molar-refractivity contribution in [2.75, 3.05) is 0 Å². The van der Waals surface area contributed by atoms with E-state index in [1.54, 1.807) is 0 Å². The molecule has 2 N–H and O–H groups in total. The topological polar surface area (TPSA) is 50.8 Å². The molecule has 13 heavy (non-hydrogen) atoms. The maximum absolute atomic E-state index is 5.61. The van der Waals surface area contributed by atoms with Gasteiger partial charge in [-0.25, -0.2) is 10.7 Å². The molecular weight excluding hydrogens is 166 g/mol. The van der Waals surface area contributed by atoms with Crippen LogP contribution in [0.4, 0.5) is 0 Å². The lowest BCUT2D eigenvalue weighted by Gasteiger charge is -2.46. The fraction of sp³-hybridized carbons (Fsp3) is 0.889. The third kappa shape index (κ3) is 1.02. The van der Waals surface area contributed by atoms with E-state index < -0.39 is 0 Å². The molecule has 2 bridgehead atoms. The molecular formula is C9H15N3O. The zero-order valence-corrected chi connectivity index (χ0v) is 7.65. The van der Waals surface area contributed by atoms with Gasteiger partial charge in [0.15, 0.2) is 0 Å². The van der Waals surface area contributed by atoms with Crippen molar-refractivity contribution in [3.05, 3.63) is 0 Å². The minimum atomic E-state index is -0.129. The molecule has 1 atom stereocenters. The molecule has 0 amide bonds. The van der Waals surface area contributed by atoms with Gasteiger partial charge in [-0.1, -0.05) is 5.28 Å². The van der Waals surface area contributed by atoms with Gasteiger partial charge in [0.1, 0.15) is 5.60 Å². The fourth-order valence-corrected chi connectivity index (χ4v) is 3.12. The standard InChI is InChI=1S/C9H15N3O/c10-12-11-6-9(13-12)5-7-1-3-8(9)4-2-7/h6-8H,1-5,10H2. The van der Waals surface area contributed by atoms with Crippen molar-refractivity contribution in [3.8, 4) is 0 Å². The molecule has 3 aliphatic carbocycles. The largest absolute Gasteiger partial charge is 0.229 e. The molecule has 4 rings (SSSR count). The molecule has 1 aliphatic heterocycles. The van der Waals surface area contributed by atoms with Gasteiger partial charge in [0.25, 0.3) is 0 Å². The van der Waals surface area contributed by atoms with Crippen LogP contribution in [0.5, 0.6) is 0 Å². The van der Waals surface area contributed by atoms with Crippen molar-refractivity contribution in [1.29, 1.82) is 0 Å². The Hall–Kier alpha value is -0.610. The SMILES string of the molecule is NN1N=CC2(CC3CCC2CC3)O1. The van der Waals surface area contributed by atoms with E-state index in [1.807, 2.05) is 6.21 Å². The van der Waals surface area contributed by atoms with Crippen LogP contribution in [0.25, 0.3) is 0 Å². The van der Waals surface area contributed by atoms with E-state index in [9.17, 15) is 0 Å². The summed E-state index contributed by atoms with van der Waals surface area (Å²) >= 11 is 0. The second-order valence-corrected chi connectivity index (χ2v) is 4.52. The first kappa shape index (κ1) is 7.76. The molecule has 4 heteroatoms. The van der Waals surface area contributed by atoms with E-state index in [4.69, 9.17) is 10.7 Å². The van der Waals surface area contributed by atoms with Gasteiger partial charge in [-0.15, -0.1) is 5.10 Å². The van der Waals surface area contributed by atoms with Crippen LogP contribution in [0.15, 0.2) is 5.10 Å². The third-order valence-electron chi connectivity index (χ3n) is 3.80. The summed E-state index contributed by atoms with van der Waals surface area (Å²) in [6.07, 6.45) is 8.34. The van der Waals surface area contributed by atoms with Gasteiger partial charge < -0.3 is 0 Å². The first-order valence-corrected chi connectivity index (χ1v) is 5.08. The van der Waals surface area contributed by atoms with Crippen molar-refractivity contribution in [2.45, 2.75) is 37.7 Å². The van der Waals surface area contributed by atoms with Gasteiger partial charge in [-0.05, 0) is 43.9 Å². The third-order valence-corrected chi connectivity index (χ3v) is 3.80. The fourth-order valence-electron chi connectivity index (χ4n) is 3.12. The number of fused-ring (bicyclic) bond motifs is 2. The van der Waals surface area contributed by atoms with Gasteiger partial charge in [0, 0.05) is 0 Å². The quantitative estimate of drug-likeness (QED) is 0.568. The Kier molecular flexibility index (Phi) is 1.46. The average molecular weight is 181 g/mol. The Morgan fingerprint density at radius 1 is 1.38 bits per heavy atom. The van der Waals surface area contributed by atoms with Gasteiger partial charge in [0.05, 0.1) is 6.21 Å². The van der Waals surface area contributed by atoms with Crippen molar-refractivity contribution >= 4 is 6.21 Å². The van der Waals surface area contributed by atoms with Crippen LogP contribution in [0, 0.1) is 11.8 Å². The van der Waals surface area contributed by atoms with Crippen molar-refractivity contribution in [2.24, 2.45) is 22.8 Å². The van der Waals surface area contributed by atoms with E-state index in [1.165, 1.54) is 25.7 Å². The molecule has 4 nitrogen and oxygen atoms in total. The lowest BCUT2D eigenvalue weighted by atomic mass is 9.62. The molecule has 0 aromatic rings. The van der Waals surface area contributed by atoms with Crippen LogP contribution in [0.3, 0.4) is 0 Å². The molecule has 1 heterocycles. The minimum absolute atomic E-state index is 0.129. The van der Waals surface area contributed by atoms with Crippen LogP contribution in [0.2, 0.25) is 0 Å². The van der Waals surface area contributed by atoms with Crippen LogP contribution in [-0.4, -0.2) is 17.1 Å². The summed E-state index contributed by atoms with van der Waals surface area (Å²) in [6.45, 7) is 0. The van der Waals surface area contributed by atoms with Crippen LogP contribution in [-0.2, 0) is 4.84 Å². The van der Waals surface area contributed by atoms with Gasteiger partial charge in [-0.2, -0.15) is 0 Å². The van der Waals surface area contributed by atoms with Crippen LogP contribution >= 0.6 is 0 Å². The highest BCUT2D eigenvalue weighted by Crippen LogP contribution is 2.49. The predicted octanol–water partition coefficient (Wildman–Crippen LogP) is 1.04. The number of hydrazine groups is 1. The summed E-state index contributed by atoms with van der Waals surface area (Å²) in [6, 6.07) is 0.